The number of hydrogen-bond donors (Lipinski definition) is 2. The van der Waals surface area contributed by atoms with Crippen LogP contribution < -0.4 is 10.1 Å². The van der Waals surface area contributed by atoms with E-state index in [0.29, 0.717) is 17.0 Å². The number of nitrogens with one attached hydrogen (secondary N) is 1. The summed E-state index contributed by atoms with van der Waals surface area (Å²) in [5.74, 6) is -0.383. The Hall–Kier alpha value is -2.08. The zero-order chi connectivity index (χ0) is 18.8. The predicted octanol–water partition coefficient (Wildman–Crippen LogP) is 5.00. The number of carbonyl (C=O) groups is 1. The van der Waals surface area contributed by atoms with Crippen molar-refractivity contribution in [1.29, 1.82) is 0 Å². The van der Waals surface area contributed by atoms with Gasteiger partial charge in [0.05, 0.1) is 5.69 Å². The molecule has 2 N–H and O–H groups in total. The smallest absolute Gasteiger partial charge is 0.265 e. The lowest BCUT2D eigenvalue weighted by Crippen LogP contribution is -2.30. The SMILES string of the molecule is CC(Oc1ccc(F)cc1)C(=O)Nc1cc(Br)cc(C(C)(C)C)c1O. The Morgan fingerprint density at radius 2 is 1.84 bits per heavy atom. The molecule has 2 rings (SSSR count). The topological polar surface area (TPSA) is 58.6 Å². The number of benzene rings is 2. The third-order valence-corrected chi connectivity index (χ3v) is 4.09. The molecule has 6 heteroatoms. The number of hydrogen-bond acceptors (Lipinski definition) is 3. The van der Waals surface area contributed by atoms with Crippen molar-refractivity contribution in [2.24, 2.45) is 0 Å². The van der Waals surface area contributed by atoms with Gasteiger partial charge in [-0.25, -0.2) is 4.39 Å². The summed E-state index contributed by atoms with van der Waals surface area (Å²) in [7, 11) is 0. The zero-order valence-electron chi connectivity index (χ0n) is 14.6. The molecule has 0 aliphatic heterocycles. The fourth-order valence-corrected chi connectivity index (χ4v) is 2.73. The van der Waals surface area contributed by atoms with Crippen molar-refractivity contribution in [3.63, 3.8) is 0 Å². The number of phenols is 1. The Bertz CT molecular complexity index is 769. The predicted molar refractivity (Wildman–Crippen MR) is 99.6 cm³/mol. The molecule has 0 heterocycles. The number of rotatable bonds is 4. The molecule has 134 valence electrons. The van der Waals surface area contributed by atoms with E-state index in [1.807, 2.05) is 26.8 Å². The molecular weight excluding hydrogens is 389 g/mol. The third-order valence-electron chi connectivity index (χ3n) is 3.64. The molecule has 0 aromatic heterocycles. The highest BCUT2D eigenvalue weighted by Crippen LogP contribution is 2.38. The first-order chi connectivity index (χ1) is 11.6. The van der Waals surface area contributed by atoms with Gasteiger partial charge in [0.1, 0.15) is 17.3 Å². The lowest BCUT2D eigenvalue weighted by molar-refractivity contribution is -0.122. The molecule has 0 aliphatic carbocycles. The van der Waals surface area contributed by atoms with Crippen LogP contribution in [0.5, 0.6) is 11.5 Å². The first-order valence-corrected chi connectivity index (χ1v) is 8.63. The standard InChI is InChI=1S/C19H21BrFNO3/c1-11(25-14-7-5-13(21)6-8-14)18(24)22-16-10-12(20)9-15(17(16)23)19(2,3)4/h5-11,23H,1-4H3,(H,22,24). The molecule has 2 aromatic rings. The molecule has 0 saturated heterocycles. The number of aromatic hydroxyl groups is 1. The molecular formula is C19H21BrFNO3. The van der Waals surface area contributed by atoms with Crippen molar-refractivity contribution in [2.45, 2.75) is 39.2 Å². The van der Waals surface area contributed by atoms with Crippen molar-refractivity contribution in [2.75, 3.05) is 5.32 Å². The van der Waals surface area contributed by atoms with Gasteiger partial charge < -0.3 is 15.2 Å². The number of anilines is 1. The molecule has 0 bridgehead atoms. The Labute approximate surface area is 155 Å². The summed E-state index contributed by atoms with van der Waals surface area (Å²) < 4.78 is 19.2. The minimum atomic E-state index is -0.818. The van der Waals surface area contributed by atoms with Gasteiger partial charge in [-0.2, -0.15) is 0 Å². The summed E-state index contributed by atoms with van der Waals surface area (Å²) in [6.07, 6.45) is -0.818. The number of carbonyl (C=O) groups excluding carboxylic acids is 1. The Morgan fingerprint density at radius 1 is 1.24 bits per heavy atom. The molecule has 1 amide bonds. The zero-order valence-corrected chi connectivity index (χ0v) is 16.1. The molecule has 0 aliphatic rings. The van der Waals surface area contributed by atoms with Gasteiger partial charge in [0.2, 0.25) is 0 Å². The van der Waals surface area contributed by atoms with Crippen LogP contribution in [-0.2, 0) is 10.2 Å². The number of ether oxygens (including phenoxy) is 1. The van der Waals surface area contributed by atoms with Crippen LogP contribution in [0.4, 0.5) is 10.1 Å². The second-order valence-corrected chi connectivity index (χ2v) is 7.72. The number of halogens is 2. The van der Waals surface area contributed by atoms with Crippen LogP contribution in [0.15, 0.2) is 40.9 Å². The maximum atomic E-state index is 12.9. The molecule has 25 heavy (non-hydrogen) atoms. The van der Waals surface area contributed by atoms with Crippen LogP contribution in [0.3, 0.4) is 0 Å². The summed E-state index contributed by atoms with van der Waals surface area (Å²) >= 11 is 3.40. The van der Waals surface area contributed by atoms with Crippen LogP contribution in [0.25, 0.3) is 0 Å². The van der Waals surface area contributed by atoms with Crippen LogP contribution in [0.1, 0.15) is 33.3 Å². The quantitative estimate of drug-likeness (QED) is 0.698. The van der Waals surface area contributed by atoms with E-state index in [-0.39, 0.29) is 17.0 Å². The van der Waals surface area contributed by atoms with Crippen LogP contribution >= 0.6 is 15.9 Å². The highest BCUT2D eigenvalue weighted by Gasteiger charge is 2.23. The van der Waals surface area contributed by atoms with Crippen LogP contribution in [-0.4, -0.2) is 17.1 Å². The Kier molecular flexibility index (Phi) is 5.72. The Balaban J connectivity index is 2.17. The number of phenolic OH excluding ortho intramolecular Hbond substituents is 1. The fourth-order valence-electron chi connectivity index (χ4n) is 2.27. The molecule has 4 nitrogen and oxygen atoms in total. The second kappa shape index (κ2) is 7.44. The van der Waals surface area contributed by atoms with Gasteiger partial charge in [-0.1, -0.05) is 36.7 Å². The molecule has 2 aromatic carbocycles. The van der Waals surface area contributed by atoms with Gasteiger partial charge in [-0.15, -0.1) is 0 Å². The van der Waals surface area contributed by atoms with Gasteiger partial charge >= 0.3 is 0 Å². The van der Waals surface area contributed by atoms with Crippen LogP contribution in [0, 0.1) is 5.82 Å². The Morgan fingerprint density at radius 3 is 2.40 bits per heavy atom. The lowest BCUT2D eigenvalue weighted by atomic mass is 9.86. The van der Waals surface area contributed by atoms with Gasteiger partial charge in [-0.3, -0.25) is 4.79 Å². The summed E-state index contributed by atoms with van der Waals surface area (Å²) in [5, 5.41) is 13.2. The van der Waals surface area contributed by atoms with Crippen molar-refractivity contribution in [3.8, 4) is 11.5 Å². The van der Waals surface area contributed by atoms with E-state index in [0.717, 1.165) is 4.47 Å². The molecule has 0 spiro atoms. The van der Waals surface area contributed by atoms with Crippen LogP contribution in [0.2, 0.25) is 0 Å². The van der Waals surface area contributed by atoms with Crippen molar-refractivity contribution < 1.29 is 19.0 Å². The summed E-state index contributed by atoms with van der Waals surface area (Å²) in [5.41, 5.74) is 0.729. The normalized spacial score (nSPS) is 12.6. The third kappa shape index (κ3) is 4.95. The van der Waals surface area contributed by atoms with Gasteiger partial charge in [0.25, 0.3) is 5.91 Å². The molecule has 1 atom stereocenters. The van der Waals surface area contributed by atoms with E-state index in [1.54, 1.807) is 13.0 Å². The highest BCUT2D eigenvalue weighted by atomic mass is 79.9. The van der Waals surface area contributed by atoms with E-state index >= 15 is 0 Å². The maximum absolute atomic E-state index is 12.9. The molecule has 0 saturated carbocycles. The minimum absolute atomic E-state index is 0.0260. The van der Waals surface area contributed by atoms with Gasteiger partial charge in [0, 0.05) is 10.0 Å². The average Bonchev–Trinajstić information content (AvgIpc) is 2.51. The summed E-state index contributed by atoms with van der Waals surface area (Å²) in [6.45, 7) is 7.50. The van der Waals surface area contributed by atoms with E-state index in [9.17, 15) is 14.3 Å². The molecule has 0 radical (unpaired) electrons. The summed E-state index contributed by atoms with van der Waals surface area (Å²) in [4.78, 5) is 12.4. The average molecular weight is 410 g/mol. The van der Waals surface area contributed by atoms with Crippen molar-refractivity contribution >= 4 is 27.5 Å². The largest absolute Gasteiger partial charge is 0.505 e. The fraction of sp³-hybridized carbons (Fsp3) is 0.316. The maximum Gasteiger partial charge on any atom is 0.265 e. The second-order valence-electron chi connectivity index (χ2n) is 6.80. The van der Waals surface area contributed by atoms with Gasteiger partial charge in [0.15, 0.2) is 6.10 Å². The van der Waals surface area contributed by atoms with E-state index in [4.69, 9.17) is 4.74 Å². The lowest BCUT2D eigenvalue weighted by Gasteiger charge is -2.23. The minimum Gasteiger partial charge on any atom is -0.505 e. The first-order valence-electron chi connectivity index (χ1n) is 7.84. The van der Waals surface area contributed by atoms with Crippen molar-refractivity contribution in [1.82, 2.24) is 0 Å². The number of amides is 1. The molecule has 1 unspecified atom stereocenters. The monoisotopic (exact) mass is 409 g/mol. The van der Waals surface area contributed by atoms with E-state index in [1.165, 1.54) is 24.3 Å². The van der Waals surface area contributed by atoms with E-state index < -0.39 is 12.0 Å². The first kappa shape index (κ1) is 19.2. The summed E-state index contributed by atoms with van der Waals surface area (Å²) in [6, 6.07) is 8.88. The highest BCUT2D eigenvalue weighted by molar-refractivity contribution is 9.10. The van der Waals surface area contributed by atoms with E-state index in [2.05, 4.69) is 21.2 Å². The molecule has 0 fully saturated rings. The van der Waals surface area contributed by atoms with Gasteiger partial charge in [-0.05, 0) is 48.7 Å². The van der Waals surface area contributed by atoms with Crippen molar-refractivity contribution in [3.05, 3.63) is 52.3 Å².